The van der Waals surface area contributed by atoms with Gasteiger partial charge in [0.1, 0.15) is 6.10 Å². The lowest BCUT2D eigenvalue weighted by molar-refractivity contribution is -0.146. The standard InChI is InChI=1S/C21H19NO3/c23-19(14-15-6-2-1-3-7-15)22-13-12-16-8-4-5-9-17(16)21(22)18-10-11-20(24)25-18/h1-11,18,21H,12-14H2/t18-,21-/m1/s1. The molecule has 0 aromatic heterocycles. The molecule has 4 rings (SSSR count). The Bertz CT molecular complexity index is 828. The normalized spacial score (nSPS) is 21.8. The highest BCUT2D eigenvalue weighted by Gasteiger charge is 2.38. The van der Waals surface area contributed by atoms with Crippen molar-refractivity contribution in [2.75, 3.05) is 6.54 Å². The predicted octanol–water partition coefficient (Wildman–Crippen LogP) is 2.84. The molecule has 2 aliphatic heterocycles. The molecule has 4 heteroatoms. The molecule has 0 spiro atoms. The van der Waals surface area contributed by atoms with Crippen LogP contribution in [0.2, 0.25) is 0 Å². The van der Waals surface area contributed by atoms with E-state index in [0.29, 0.717) is 13.0 Å². The number of esters is 1. The number of carbonyl (C=O) groups is 2. The SMILES string of the molecule is O=C1C=C[C@H]([C@H]2c3ccccc3CCN2C(=O)Cc2ccccc2)O1. The van der Waals surface area contributed by atoms with Gasteiger partial charge in [-0.1, -0.05) is 54.6 Å². The van der Waals surface area contributed by atoms with Gasteiger partial charge in [0.2, 0.25) is 5.91 Å². The molecule has 126 valence electrons. The molecule has 0 saturated heterocycles. The van der Waals surface area contributed by atoms with Gasteiger partial charge in [-0.2, -0.15) is 0 Å². The Morgan fingerprint density at radius 1 is 1.08 bits per heavy atom. The van der Waals surface area contributed by atoms with E-state index in [4.69, 9.17) is 4.74 Å². The molecule has 2 aromatic carbocycles. The maximum absolute atomic E-state index is 13.0. The smallest absolute Gasteiger partial charge is 0.331 e. The van der Waals surface area contributed by atoms with Gasteiger partial charge in [0.15, 0.2) is 0 Å². The molecular weight excluding hydrogens is 314 g/mol. The minimum Gasteiger partial charge on any atom is -0.452 e. The second-order valence-electron chi connectivity index (χ2n) is 6.40. The first-order valence-corrected chi connectivity index (χ1v) is 8.52. The lowest BCUT2D eigenvalue weighted by Gasteiger charge is -2.39. The number of fused-ring (bicyclic) bond motifs is 1. The summed E-state index contributed by atoms with van der Waals surface area (Å²) in [5.74, 6) is -0.287. The van der Waals surface area contributed by atoms with E-state index in [2.05, 4.69) is 6.07 Å². The summed E-state index contributed by atoms with van der Waals surface area (Å²) >= 11 is 0. The average Bonchev–Trinajstić information content (AvgIpc) is 3.07. The van der Waals surface area contributed by atoms with Crippen molar-refractivity contribution in [1.82, 2.24) is 4.90 Å². The molecule has 2 aliphatic rings. The molecule has 0 N–H and O–H groups in total. The highest BCUT2D eigenvalue weighted by atomic mass is 16.5. The highest BCUT2D eigenvalue weighted by Crippen LogP contribution is 2.36. The molecule has 0 saturated carbocycles. The van der Waals surface area contributed by atoms with Crippen LogP contribution < -0.4 is 0 Å². The van der Waals surface area contributed by atoms with Crippen LogP contribution in [-0.4, -0.2) is 29.4 Å². The summed E-state index contributed by atoms with van der Waals surface area (Å²) in [6, 6.07) is 17.6. The van der Waals surface area contributed by atoms with Gasteiger partial charge in [0.05, 0.1) is 12.5 Å². The third-order valence-corrected chi connectivity index (χ3v) is 4.84. The molecule has 0 fully saturated rings. The van der Waals surface area contributed by atoms with Crippen molar-refractivity contribution in [3.63, 3.8) is 0 Å². The molecule has 0 radical (unpaired) electrons. The number of ether oxygens (including phenoxy) is 1. The first kappa shape index (κ1) is 15.6. The Labute approximate surface area is 146 Å². The number of rotatable bonds is 3. The van der Waals surface area contributed by atoms with Crippen LogP contribution in [0.3, 0.4) is 0 Å². The van der Waals surface area contributed by atoms with E-state index in [1.54, 1.807) is 6.08 Å². The predicted molar refractivity (Wildman–Crippen MR) is 93.8 cm³/mol. The fourth-order valence-corrected chi connectivity index (χ4v) is 3.66. The van der Waals surface area contributed by atoms with Crippen LogP contribution in [0, 0.1) is 0 Å². The van der Waals surface area contributed by atoms with Crippen LogP contribution >= 0.6 is 0 Å². The van der Waals surface area contributed by atoms with Crippen molar-refractivity contribution in [1.29, 1.82) is 0 Å². The van der Waals surface area contributed by atoms with Crippen LogP contribution in [0.1, 0.15) is 22.7 Å². The molecule has 4 nitrogen and oxygen atoms in total. The maximum Gasteiger partial charge on any atom is 0.331 e. The van der Waals surface area contributed by atoms with Gasteiger partial charge in [-0.25, -0.2) is 4.79 Å². The Morgan fingerprint density at radius 2 is 1.84 bits per heavy atom. The van der Waals surface area contributed by atoms with Crippen LogP contribution in [0.15, 0.2) is 66.7 Å². The summed E-state index contributed by atoms with van der Waals surface area (Å²) in [4.78, 5) is 26.4. The Balaban J connectivity index is 1.65. The first-order valence-electron chi connectivity index (χ1n) is 8.52. The van der Waals surface area contributed by atoms with Crippen molar-refractivity contribution in [3.05, 3.63) is 83.4 Å². The molecule has 1 amide bonds. The molecule has 2 heterocycles. The van der Waals surface area contributed by atoms with Crippen LogP contribution in [0.5, 0.6) is 0 Å². The number of hydrogen-bond acceptors (Lipinski definition) is 3. The molecule has 0 bridgehead atoms. The highest BCUT2D eigenvalue weighted by molar-refractivity contribution is 5.85. The summed E-state index contributed by atoms with van der Waals surface area (Å²) in [6.07, 6.45) is 3.95. The largest absolute Gasteiger partial charge is 0.452 e. The topological polar surface area (TPSA) is 46.6 Å². The molecule has 25 heavy (non-hydrogen) atoms. The first-order chi connectivity index (χ1) is 12.2. The van der Waals surface area contributed by atoms with Crippen molar-refractivity contribution < 1.29 is 14.3 Å². The molecule has 2 atom stereocenters. The third kappa shape index (κ3) is 3.07. The zero-order valence-corrected chi connectivity index (χ0v) is 13.8. The van der Waals surface area contributed by atoms with E-state index in [9.17, 15) is 9.59 Å². The monoisotopic (exact) mass is 333 g/mol. The number of amides is 1. The van der Waals surface area contributed by atoms with Gasteiger partial charge in [0, 0.05) is 12.6 Å². The fraction of sp³-hybridized carbons (Fsp3) is 0.238. The third-order valence-electron chi connectivity index (χ3n) is 4.84. The quantitative estimate of drug-likeness (QED) is 0.812. The van der Waals surface area contributed by atoms with Crippen molar-refractivity contribution >= 4 is 11.9 Å². The summed E-state index contributed by atoms with van der Waals surface area (Å²) < 4.78 is 5.44. The van der Waals surface area contributed by atoms with E-state index >= 15 is 0 Å². The lowest BCUT2D eigenvalue weighted by Crippen LogP contribution is -2.45. The number of hydrogen-bond donors (Lipinski definition) is 0. The van der Waals surface area contributed by atoms with E-state index in [1.807, 2.05) is 53.4 Å². The fourth-order valence-electron chi connectivity index (χ4n) is 3.66. The minimum absolute atomic E-state index is 0.0575. The Kier molecular flexibility index (Phi) is 4.10. The van der Waals surface area contributed by atoms with Gasteiger partial charge < -0.3 is 9.64 Å². The van der Waals surface area contributed by atoms with Gasteiger partial charge in [-0.3, -0.25) is 4.79 Å². The van der Waals surface area contributed by atoms with E-state index < -0.39 is 6.10 Å². The van der Waals surface area contributed by atoms with Crippen LogP contribution in [-0.2, 0) is 27.2 Å². The number of benzene rings is 2. The molecule has 0 unspecified atom stereocenters. The van der Waals surface area contributed by atoms with Gasteiger partial charge in [0.25, 0.3) is 0 Å². The van der Waals surface area contributed by atoms with Crippen LogP contribution in [0.4, 0.5) is 0 Å². The zero-order chi connectivity index (χ0) is 17.2. The van der Waals surface area contributed by atoms with E-state index in [0.717, 1.165) is 17.5 Å². The van der Waals surface area contributed by atoms with E-state index in [-0.39, 0.29) is 17.9 Å². The van der Waals surface area contributed by atoms with Crippen molar-refractivity contribution in [2.45, 2.75) is 25.0 Å². The molecule has 2 aromatic rings. The molecule has 0 aliphatic carbocycles. The van der Waals surface area contributed by atoms with Gasteiger partial charge in [-0.05, 0) is 29.2 Å². The minimum atomic E-state index is -0.423. The second-order valence-corrected chi connectivity index (χ2v) is 6.40. The van der Waals surface area contributed by atoms with Gasteiger partial charge >= 0.3 is 5.97 Å². The number of cyclic esters (lactones) is 1. The summed E-state index contributed by atoms with van der Waals surface area (Å²) in [7, 11) is 0. The van der Waals surface area contributed by atoms with Gasteiger partial charge in [-0.15, -0.1) is 0 Å². The number of carbonyl (C=O) groups excluding carboxylic acids is 2. The molecular formula is C21H19NO3. The Morgan fingerprint density at radius 3 is 2.60 bits per heavy atom. The summed E-state index contributed by atoms with van der Waals surface area (Å²) in [5, 5.41) is 0. The Hall–Kier alpha value is -2.88. The zero-order valence-electron chi connectivity index (χ0n) is 13.8. The number of nitrogens with zero attached hydrogens (tertiary/aromatic N) is 1. The summed E-state index contributed by atoms with van der Waals surface area (Å²) in [5.41, 5.74) is 3.27. The second kappa shape index (κ2) is 6.55. The summed E-state index contributed by atoms with van der Waals surface area (Å²) in [6.45, 7) is 0.634. The van der Waals surface area contributed by atoms with Crippen molar-refractivity contribution in [2.24, 2.45) is 0 Å². The van der Waals surface area contributed by atoms with Crippen LogP contribution in [0.25, 0.3) is 0 Å². The average molecular weight is 333 g/mol. The maximum atomic E-state index is 13.0. The van der Waals surface area contributed by atoms with E-state index in [1.165, 1.54) is 11.6 Å². The van der Waals surface area contributed by atoms with Crippen molar-refractivity contribution in [3.8, 4) is 0 Å². The lowest BCUT2D eigenvalue weighted by atomic mass is 9.89.